The molecule has 0 radical (unpaired) electrons. The summed E-state index contributed by atoms with van der Waals surface area (Å²) in [7, 11) is 0. The fraction of sp³-hybridized carbons (Fsp3) is 0.188. The van der Waals surface area contributed by atoms with E-state index in [9.17, 15) is 4.39 Å². The second-order valence-corrected chi connectivity index (χ2v) is 5.80. The molecule has 0 saturated heterocycles. The van der Waals surface area contributed by atoms with Gasteiger partial charge in [0.2, 0.25) is 0 Å². The van der Waals surface area contributed by atoms with Gasteiger partial charge >= 0.3 is 0 Å². The summed E-state index contributed by atoms with van der Waals surface area (Å²) in [6, 6.07) is 3.72. The zero-order chi connectivity index (χ0) is 16.9. The number of rotatable bonds is 6. The lowest BCUT2D eigenvalue weighted by atomic mass is 10.3. The van der Waals surface area contributed by atoms with Gasteiger partial charge in [-0.25, -0.2) is 14.4 Å². The van der Waals surface area contributed by atoms with Gasteiger partial charge in [0.1, 0.15) is 11.4 Å². The van der Waals surface area contributed by atoms with Gasteiger partial charge in [-0.3, -0.25) is 9.55 Å². The lowest BCUT2D eigenvalue weighted by molar-refractivity contribution is 0.558. The molecule has 0 aromatic carbocycles. The largest absolute Gasteiger partial charge is 0.298 e. The van der Waals surface area contributed by atoms with Crippen LogP contribution in [0.25, 0.3) is 11.4 Å². The third-order valence-corrected chi connectivity index (χ3v) is 4.26. The summed E-state index contributed by atoms with van der Waals surface area (Å²) in [5.41, 5.74) is 1.21. The van der Waals surface area contributed by atoms with Crippen molar-refractivity contribution in [3.63, 3.8) is 0 Å². The Morgan fingerprint density at radius 1 is 1.33 bits per heavy atom. The number of aromatic nitrogens is 6. The van der Waals surface area contributed by atoms with Gasteiger partial charge in [0.15, 0.2) is 16.8 Å². The monoisotopic (exact) mass is 342 g/mol. The molecule has 0 spiro atoms. The van der Waals surface area contributed by atoms with Crippen molar-refractivity contribution in [2.45, 2.75) is 30.1 Å². The number of hydrogen-bond acceptors (Lipinski definition) is 6. The molecular formula is C16H15FN6S. The first kappa shape index (κ1) is 16.3. The lowest BCUT2D eigenvalue weighted by Crippen LogP contribution is -2.02. The van der Waals surface area contributed by atoms with E-state index in [1.807, 2.05) is 23.6 Å². The van der Waals surface area contributed by atoms with Crippen molar-refractivity contribution in [1.29, 1.82) is 0 Å². The molecule has 6 nitrogen and oxygen atoms in total. The molecule has 3 heterocycles. The zero-order valence-corrected chi connectivity index (χ0v) is 13.9. The van der Waals surface area contributed by atoms with Gasteiger partial charge in [-0.2, -0.15) is 0 Å². The second-order valence-electron chi connectivity index (χ2n) is 4.84. The number of pyridine rings is 1. The molecule has 0 bridgehead atoms. The highest BCUT2D eigenvalue weighted by Crippen LogP contribution is 2.30. The van der Waals surface area contributed by atoms with Gasteiger partial charge in [-0.05, 0) is 30.3 Å². The molecule has 24 heavy (non-hydrogen) atoms. The molecule has 0 aliphatic rings. The van der Waals surface area contributed by atoms with E-state index in [-0.39, 0.29) is 5.03 Å². The van der Waals surface area contributed by atoms with Crippen molar-refractivity contribution in [2.24, 2.45) is 0 Å². The van der Waals surface area contributed by atoms with Crippen molar-refractivity contribution in [3.05, 3.63) is 55.0 Å². The van der Waals surface area contributed by atoms with Gasteiger partial charge in [-0.1, -0.05) is 13.0 Å². The minimum atomic E-state index is -0.416. The van der Waals surface area contributed by atoms with Crippen LogP contribution in [0.2, 0.25) is 0 Å². The van der Waals surface area contributed by atoms with Gasteiger partial charge < -0.3 is 0 Å². The highest BCUT2D eigenvalue weighted by atomic mass is 32.2. The molecule has 3 rings (SSSR count). The average Bonchev–Trinajstić information content (AvgIpc) is 3.00. The van der Waals surface area contributed by atoms with Crippen LogP contribution < -0.4 is 0 Å². The quantitative estimate of drug-likeness (QED) is 0.506. The summed E-state index contributed by atoms with van der Waals surface area (Å²) < 4.78 is 16.2. The Morgan fingerprint density at radius 2 is 2.21 bits per heavy atom. The fourth-order valence-electron chi connectivity index (χ4n) is 2.16. The molecular weight excluding hydrogens is 327 g/mol. The van der Waals surface area contributed by atoms with Gasteiger partial charge in [-0.15, -0.1) is 16.8 Å². The van der Waals surface area contributed by atoms with Crippen LogP contribution in [0, 0.1) is 5.82 Å². The third kappa shape index (κ3) is 3.18. The van der Waals surface area contributed by atoms with Crippen LogP contribution in [0.15, 0.2) is 53.7 Å². The van der Waals surface area contributed by atoms with Crippen molar-refractivity contribution < 1.29 is 4.39 Å². The Morgan fingerprint density at radius 3 is 2.92 bits per heavy atom. The highest BCUT2D eigenvalue weighted by Gasteiger charge is 2.18. The van der Waals surface area contributed by atoms with Gasteiger partial charge in [0.25, 0.3) is 0 Å². The van der Waals surface area contributed by atoms with Crippen molar-refractivity contribution in [3.8, 4) is 11.4 Å². The first-order valence-electron chi connectivity index (χ1n) is 7.36. The molecule has 0 amide bonds. The first-order valence-corrected chi connectivity index (χ1v) is 8.18. The molecule has 0 saturated carbocycles. The lowest BCUT2D eigenvalue weighted by Gasteiger charge is -2.08. The van der Waals surface area contributed by atoms with Crippen molar-refractivity contribution in [1.82, 2.24) is 29.7 Å². The van der Waals surface area contributed by atoms with E-state index in [4.69, 9.17) is 0 Å². The Labute approximate surface area is 142 Å². The molecule has 0 N–H and O–H groups in total. The molecule has 0 unspecified atom stereocenters. The molecule has 0 aliphatic carbocycles. The number of halogens is 1. The molecule has 122 valence electrons. The van der Waals surface area contributed by atoms with Crippen LogP contribution in [0.3, 0.4) is 0 Å². The SMILES string of the molecule is C=CCn1c(Sc2ncnc(CC)c2F)nnc1-c1cccnc1. The molecule has 0 atom stereocenters. The maximum absolute atomic E-state index is 14.4. The molecule has 8 heteroatoms. The van der Waals surface area contributed by atoms with Crippen molar-refractivity contribution >= 4 is 11.8 Å². The summed E-state index contributed by atoms with van der Waals surface area (Å²) in [5, 5.41) is 9.16. The van der Waals surface area contributed by atoms with Crippen LogP contribution in [-0.4, -0.2) is 29.7 Å². The van der Waals surface area contributed by atoms with E-state index in [1.54, 1.807) is 18.5 Å². The van der Waals surface area contributed by atoms with E-state index in [1.165, 1.54) is 6.33 Å². The first-order chi connectivity index (χ1) is 11.7. The Balaban J connectivity index is 2.00. The van der Waals surface area contributed by atoms with E-state index < -0.39 is 5.82 Å². The van der Waals surface area contributed by atoms with E-state index >= 15 is 0 Å². The Bertz CT molecular complexity index is 849. The maximum atomic E-state index is 14.4. The molecule has 0 fully saturated rings. The predicted molar refractivity (Wildman–Crippen MR) is 88.9 cm³/mol. The topological polar surface area (TPSA) is 69.4 Å². The summed E-state index contributed by atoms with van der Waals surface area (Å²) in [5.74, 6) is 0.233. The maximum Gasteiger partial charge on any atom is 0.198 e. The summed E-state index contributed by atoms with van der Waals surface area (Å²) in [6.07, 6.45) is 7.00. The molecule has 0 aliphatic heterocycles. The van der Waals surface area contributed by atoms with Gasteiger partial charge in [0.05, 0.1) is 5.69 Å². The van der Waals surface area contributed by atoms with Crippen LogP contribution in [0.1, 0.15) is 12.6 Å². The third-order valence-electron chi connectivity index (χ3n) is 3.30. The van der Waals surface area contributed by atoms with Crippen LogP contribution in [0.4, 0.5) is 4.39 Å². The van der Waals surface area contributed by atoms with Crippen LogP contribution in [0.5, 0.6) is 0 Å². The summed E-state index contributed by atoms with van der Waals surface area (Å²) in [4.78, 5) is 12.1. The zero-order valence-electron chi connectivity index (χ0n) is 13.1. The smallest absolute Gasteiger partial charge is 0.198 e. The van der Waals surface area contributed by atoms with Crippen LogP contribution >= 0.6 is 11.8 Å². The number of aryl methyl sites for hydroxylation is 1. The molecule has 3 aromatic rings. The number of nitrogens with zero attached hydrogens (tertiary/aromatic N) is 6. The number of allylic oxidation sites excluding steroid dienone is 1. The average molecular weight is 342 g/mol. The van der Waals surface area contributed by atoms with E-state index in [2.05, 4.69) is 31.7 Å². The minimum absolute atomic E-state index is 0.234. The summed E-state index contributed by atoms with van der Waals surface area (Å²) in [6.45, 7) is 6.10. The van der Waals surface area contributed by atoms with Crippen LogP contribution in [-0.2, 0) is 13.0 Å². The summed E-state index contributed by atoms with van der Waals surface area (Å²) >= 11 is 1.12. The standard InChI is InChI=1S/C16H15FN6S/c1-3-8-23-14(11-6-5-7-18-9-11)21-22-16(23)24-15-13(17)12(4-2)19-10-20-15/h3,5-7,9-10H,1,4,8H2,2H3. The second kappa shape index (κ2) is 7.31. The van der Waals surface area contributed by atoms with E-state index in [0.29, 0.717) is 29.6 Å². The predicted octanol–water partition coefficient (Wildman–Crippen LogP) is 3.17. The fourth-order valence-corrected chi connectivity index (χ4v) is 2.99. The Hall–Kier alpha value is -2.61. The number of hydrogen-bond donors (Lipinski definition) is 0. The van der Waals surface area contributed by atoms with E-state index in [0.717, 1.165) is 17.3 Å². The normalized spacial score (nSPS) is 10.8. The molecule has 3 aromatic heterocycles. The minimum Gasteiger partial charge on any atom is -0.298 e. The highest BCUT2D eigenvalue weighted by molar-refractivity contribution is 7.99. The Kier molecular flexibility index (Phi) is 4.95. The van der Waals surface area contributed by atoms with Crippen molar-refractivity contribution in [2.75, 3.05) is 0 Å². The van der Waals surface area contributed by atoms with Gasteiger partial charge in [0, 0.05) is 24.5 Å².